The molecule has 28 heavy (non-hydrogen) atoms. The highest BCUT2D eigenvalue weighted by Gasteiger charge is 2.20. The minimum atomic E-state index is 0.705. The van der Waals surface area contributed by atoms with Crippen molar-refractivity contribution in [1.82, 2.24) is 24.8 Å². The van der Waals surface area contributed by atoms with Gasteiger partial charge in [-0.1, -0.05) is 30.3 Å². The van der Waals surface area contributed by atoms with Gasteiger partial charge in [-0.05, 0) is 24.6 Å². The van der Waals surface area contributed by atoms with Gasteiger partial charge in [0.25, 0.3) is 0 Å². The van der Waals surface area contributed by atoms with Crippen molar-refractivity contribution < 1.29 is 0 Å². The Kier molecular flexibility index (Phi) is 4.25. The molecule has 0 radical (unpaired) electrons. The van der Waals surface area contributed by atoms with Gasteiger partial charge in [-0.15, -0.1) is 0 Å². The molecule has 5 rings (SSSR count). The Hall–Kier alpha value is -3.25. The zero-order valence-corrected chi connectivity index (χ0v) is 15.8. The second-order valence-electron chi connectivity index (χ2n) is 7.12. The molecule has 3 aromatic heterocycles. The predicted octanol–water partition coefficient (Wildman–Crippen LogP) is 3.38. The summed E-state index contributed by atoms with van der Waals surface area (Å²) in [7, 11) is 0. The molecule has 0 saturated heterocycles. The van der Waals surface area contributed by atoms with Gasteiger partial charge in [-0.25, -0.2) is 4.98 Å². The molecule has 0 fully saturated rings. The summed E-state index contributed by atoms with van der Waals surface area (Å²) in [5.74, 6) is 1.61. The molecule has 1 aliphatic heterocycles. The Morgan fingerprint density at radius 3 is 2.93 bits per heavy atom. The number of nitrogens with one attached hydrogen (secondary N) is 2. The van der Waals surface area contributed by atoms with E-state index < -0.39 is 0 Å². The van der Waals surface area contributed by atoms with E-state index in [9.17, 15) is 0 Å². The van der Waals surface area contributed by atoms with E-state index in [1.165, 1.54) is 5.56 Å². The van der Waals surface area contributed by atoms with Crippen molar-refractivity contribution in [2.75, 3.05) is 11.9 Å². The summed E-state index contributed by atoms with van der Waals surface area (Å²) in [5.41, 5.74) is 5.64. The van der Waals surface area contributed by atoms with Gasteiger partial charge >= 0.3 is 0 Å². The number of pyridine rings is 1. The average Bonchev–Trinajstić information content (AvgIpc) is 3.08. The number of rotatable bonds is 4. The molecule has 2 N–H and O–H groups in total. The maximum absolute atomic E-state index is 4.93. The highest BCUT2D eigenvalue weighted by molar-refractivity contribution is 5.81. The average molecular weight is 370 g/mol. The highest BCUT2D eigenvalue weighted by atomic mass is 15.2. The number of nitrogens with zero attached hydrogens (tertiary/aromatic N) is 4. The molecule has 1 aliphatic rings. The van der Waals surface area contributed by atoms with E-state index in [1.807, 2.05) is 24.5 Å². The van der Waals surface area contributed by atoms with Crippen molar-refractivity contribution in [3.05, 3.63) is 77.4 Å². The summed E-state index contributed by atoms with van der Waals surface area (Å²) in [5, 5.41) is 8.12. The van der Waals surface area contributed by atoms with Crippen LogP contribution < -0.4 is 10.6 Å². The van der Waals surface area contributed by atoms with Crippen molar-refractivity contribution >= 4 is 16.7 Å². The number of fused-ring (bicyclic) bond motifs is 2. The SMILES string of the molecule is Cc1cc2ccncc2n1-c1nc2c(c(NCc3ccccc3)n1)CNCC2. The van der Waals surface area contributed by atoms with E-state index in [4.69, 9.17) is 9.97 Å². The first-order chi connectivity index (χ1) is 13.8. The van der Waals surface area contributed by atoms with Gasteiger partial charge in [0.15, 0.2) is 0 Å². The van der Waals surface area contributed by atoms with Crippen LogP contribution in [0.5, 0.6) is 0 Å². The Bertz CT molecular complexity index is 1130. The largest absolute Gasteiger partial charge is 0.366 e. The molecule has 0 aliphatic carbocycles. The van der Waals surface area contributed by atoms with Crippen LogP contribution in [0.1, 0.15) is 22.5 Å². The molecule has 140 valence electrons. The molecule has 6 nitrogen and oxygen atoms in total. The number of anilines is 1. The normalized spacial score (nSPS) is 13.5. The predicted molar refractivity (Wildman–Crippen MR) is 111 cm³/mol. The number of hydrogen-bond donors (Lipinski definition) is 2. The van der Waals surface area contributed by atoms with Crippen LogP contribution in [0.2, 0.25) is 0 Å². The quantitative estimate of drug-likeness (QED) is 0.576. The second kappa shape index (κ2) is 7.05. The minimum absolute atomic E-state index is 0.705. The summed E-state index contributed by atoms with van der Waals surface area (Å²) in [4.78, 5) is 14.2. The fraction of sp³-hybridized carbons (Fsp3) is 0.227. The molecule has 0 bridgehead atoms. The molecule has 6 heteroatoms. The first-order valence-corrected chi connectivity index (χ1v) is 9.60. The summed E-state index contributed by atoms with van der Waals surface area (Å²) in [6.07, 6.45) is 4.60. The van der Waals surface area contributed by atoms with E-state index >= 15 is 0 Å². The van der Waals surface area contributed by atoms with Gasteiger partial charge in [0.05, 0.1) is 17.4 Å². The van der Waals surface area contributed by atoms with E-state index in [0.29, 0.717) is 5.95 Å². The number of benzene rings is 1. The van der Waals surface area contributed by atoms with Crippen LogP contribution >= 0.6 is 0 Å². The summed E-state index contributed by atoms with van der Waals surface area (Å²) >= 11 is 0. The second-order valence-corrected chi connectivity index (χ2v) is 7.12. The van der Waals surface area contributed by atoms with Crippen molar-refractivity contribution in [3.63, 3.8) is 0 Å². The number of aromatic nitrogens is 4. The van der Waals surface area contributed by atoms with E-state index in [-0.39, 0.29) is 0 Å². The van der Waals surface area contributed by atoms with Crippen LogP contribution in [0, 0.1) is 6.92 Å². The molecule has 0 spiro atoms. The highest BCUT2D eigenvalue weighted by Crippen LogP contribution is 2.26. The van der Waals surface area contributed by atoms with E-state index in [0.717, 1.165) is 59.7 Å². The summed E-state index contributed by atoms with van der Waals surface area (Å²) < 4.78 is 2.10. The van der Waals surface area contributed by atoms with Crippen molar-refractivity contribution in [2.24, 2.45) is 0 Å². The topological polar surface area (TPSA) is 67.7 Å². The molecule has 4 aromatic rings. The van der Waals surface area contributed by atoms with Crippen LogP contribution in [0.3, 0.4) is 0 Å². The third kappa shape index (κ3) is 3.01. The monoisotopic (exact) mass is 370 g/mol. The molecule has 0 amide bonds. The Labute approximate surface area is 163 Å². The van der Waals surface area contributed by atoms with Gasteiger partial charge in [0.1, 0.15) is 5.82 Å². The van der Waals surface area contributed by atoms with E-state index in [1.54, 1.807) is 0 Å². The minimum Gasteiger partial charge on any atom is -0.366 e. The van der Waals surface area contributed by atoms with Gasteiger partial charge in [0, 0.05) is 48.9 Å². The van der Waals surface area contributed by atoms with Crippen LogP contribution in [0.15, 0.2) is 54.9 Å². The lowest BCUT2D eigenvalue weighted by atomic mass is 10.1. The van der Waals surface area contributed by atoms with Crippen molar-refractivity contribution in [2.45, 2.75) is 26.4 Å². The fourth-order valence-corrected chi connectivity index (χ4v) is 3.81. The molecular formula is C22H22N6. The summed E-state index contributed by atoms with van der Waals surface area (Å²) in [6.45, 7) is 4.55. The summed E-state index contributed by atoms with van der Waals surface area (Å²) in [6, 6.07) is 14.6. The van der Waals surface area contributed by atoms with Gasteiger partial charge in [-0.2, -0.15) is 4.98 Å². The molecular weight excluding hydrogens is 348 g/mol. The van der Waals surface area contributed by atoms with Crippen LogP contribution in [0.4, 0.5) is 5.82 Å². The molecule has 0 atom stereocenters. The fourth-order valence-electron chi connectivity index (χ4n) is 3.81. The third-order valence-electron chi connectivity index (χ3n) is 5.21. The Balaban J connectivity index is 1.60. The first kappa shape index (κ1) is 16.9. The standard InChI is InChI=1S/C22H22N6/c1-15-11-17-7-9-24-14-20(17)28(15)22-26-19-8-10-23-13-18(19)21(27-22)25-12-16-5-3-2-4-6-16/h2-7,9,11,14,23H,8,10,12-13H2,1H3,(H,25,26,27). The Morgan fingerprint density at radius 1 is 1.14 bits per heavy atom. The van der Waals surface area contributed by atoms with Crippen LogP contribution in [-0.2, 0) is 19.5 Å². The lowest BCUT2D eigenvalue weighted by Crippen LogP contribution is -2.27. The van der Waals surface area contributed by atoms with Gasteiger partial charge < -0.3 is 10.6 Å². The molecule has 1 aromatic carbocycles. The van der Waals surface area contributed by atoms with Gasteiger partial charge in [-0.3, -0.25) is 9.55 Å². The van der Waals surface area contributed by atoms with Gasteiger partial charge in [0.2, 0.25) is 5.95 Å². The Morgan fingerprint density at radius 2 is 2.04 bits per heavy atom. The lowest BCUT2D eigenvalue weighted by Gasteiger charge is -2.21. The van der Waals surface area contributed by atoms with E-state index in [2.05, 4.69) is 57.4 Å². The maximum atomic E-state index is 4.93. The number of hydrogen-bond acceptors (Lipinski definition) is 5. The van der Waals surface area contributed by atoms with Crippen molar-refractivity contribution in [1.29, 1.82) is 0 Å². The molecule has 0 saturated carbocycles. The lowest BCUT2D eigenvalue weighted by molar-refractivity contribution is 0.624. The molecule has 4 heterocycles. The van der Waals surface area contributed by atoms with Crippen LogP contribution in [0.25, 0.3) is 16.9 Å². The first-order valence-electron chi connectivity index (χ1n) is 9.60. The third-order valence-corrected chi connectivity index (χ3v) is 5.21. The van der Waals surface area contributed by atoms with Crippen LogP contribution in [-0.4, -0.2) is 26.1 Å². The zero-order chi connectivity index (χ0) is 18.9. The van der Waals surface area contributed by atoms with Crippen molar-refractivity contribution in [3.8, 4) is 5.95 Å². The smallest absolute Gasteiger partial charge is 0.236 e. The zero-order valence-electron chi connectivity index (χ0n) is 15.8. The molecule has 0 unspecified atom stereocenters. The number of aryl methyl sites for hydroxylation is 1. The maximum Gasteiger partial charge on any atom is 0.236 e.